The molecule has 0 amide bonds. The van der Waals surface area contributed by atoms with Gasteiger partial charge in [0.1, 0.15) is 0 Å². The van der Waals surface area contributed by atoms with Crippen molar-refractivity contribution in [2.45, 2.75) is 32.2 Å². The van der Waals surface area contributed by atoms with Crippen LogP contribution < -0.4 is 5.73 Å². The predicted molar refractivity (Wildman–Crippen MR) is 68.6 cm³/mol. The first-order valence-electron chi connectivity index (χ1n) is 4.68. The Morgan fingerprint density at radius 2 is 2.21 bits per heavy atom. The Morgan fingerprint density at radius 1 is 1.50 bits per heavy atom. The number of thiophene rings is 1. The van der Waals surface area contributed by atoms with Crippen LogP contribution in [0.15, 0.2) is 22.0 Å². The molecule has 1 aromatic rings. The summed E-state index contributed by atoms with van der Waals surface area (Å²) in [5.41, 5.74) is 5.83. The number of nitrogens with two attached hydrogens (primary N) is 1. The number of allylic oxidation sites excluding steroid dienone is 1. The van der Waals surface area contributed by atoms with Crippen molar-refractivity contribution in [3.8, 4) is 0 Å². The van der Waals surface area contributed by atoms with Crippen molar-refractivity contribution in [2.24, 2.45) is 5.73 Å². The highest BCUT2D eigenvalue weighted by Crippen LogP contribution is 2.23. The van der Waals surface area contributed by atoms with Crippen molar-refractivity contribution >= 4 is 33.3 Å². The van der Waals surface area contributed by atoms with Gasteiger partial charge in [0.25, 0.3) is 0 Å². The highest BCUT2D eigenvalue weighted by molar-refractivity contribution is 9.11. The van der Waals surface area contributed by atoms with E-state index in [-0.39, 0.29) is 5.54 Å². The number of rotatable bonds is 4. The van der Waals surface area contributed by atoms with Gasteiger partial charge in [-0.3, -0.25) is 0 Å². The molecular formula is C11H16BrNS. The molecule has 0 saturated carbocycles. The molecule has 0 fully saturated rings. The predicted octanol–water partition coefficient (Wildman–Crippen LogP) is 4.04. The molecule has 2 N–H and O–H groups in total. The third-order valence-electron chi connectivity index (χ3n) is 1.83. The molecule has 1 aromatic heterocycles. The summed E-state index contributed by atoms with van der Waals surface area (Å²) in [6, 6.07) is 4.18. The van der Waals surface area contributed by atoms with Gasteiger partial charge in [0.15, 0.2) is 0 Å². The topological polar surface area (TPSA) is 26.0 Å². The average molecular weight is 274 g/mol. The SMILES string of the molecule is CC(C)(N)CC/C=C/c1ccc(Br)s1. The van der Waals surface area contributed by atoms with Crippen LogP contribution in [-0.2, 0) is 0 Å². The van der Waals surface area contributed by atoms with Gasteiger partial charge in [-0.05, 0) is 60.8 Å². The molecule has 0 saturated heterocycles. The minimum Gasteiger partial charge on any atom is -0.326 e. The van der Waals surface area contributed by atoms with E-state index in [9.17, 15) is 0 Å². The van der Waals surface area contributed by atoms with Gasteiger partial charge >= 0.3 is 0 Å². The highest BCUT2D eigenvalue weighted by atomic mass is 79.9. The summed E-state index contributed by atoms with van der Waals surface area (Å²) in [7, 11) is 0. The molecule has 0 unspecified atom stereocenters. The Bertz CT molecular complexity index is 309. The Labute approximate surface area is 98.1 Å². The van der Waals surface area contributed by atoms with E-state index < -0.39 is 0 Å². The zero-order valence-corrected chi connectivity index (χ0v) is 11.0. The second-order valence-corrected chi connectivity index (χ2v) is 6.57. The van der Waals surface area contributed by atoms with E-state index >= 15 is 0 Å². The van der Waals surface area contributed by atoms with Crippen LogP contribution >= 0.6 is 27.3 Å². The van der Waals surface area contributed by atoms with E-state index in [1.807, 2.05) is 0 Å². The lowest BCUT2D eigenvalue weighted by Gasteiger charge is -2.16. The van der Waals surface area contributed by atoms with E-state index in [4.69, 9.17) is 5.73 Å². The molecule has 1 nitrogen and oxygen atoms in total. The van der Waals surface area contributed by atoms with E-state index in [0.717, 1.165) is 12.8 Å². The lowest BCUT2D eigenvalue weighted by Crippen LogP contribution is -2.31. The molecule has 3 heteroatoms. The molecule has 0 bridgehead atoms. The second kappa shape index (κ2) is 5.10. The van der Waals surface area contributed by atoms with Crippen LogP contribution in [0, 0.1) is 0 Å². The minimum absolute atomic E-state index is 0.0552. The zero-order chi connectivity index (χ0) is 10.6. The molecule has 0 aliphatic heterocycles. The van der Waals surface area contributed by atoms with Gasteiger partial charge < -0.3 is 5.73 Å². The third kappa shape index (κ3) is 4.94. The normalized spacial score (nSPS) is 12.6. The first-order chi connectivity index (χ1) is 6.47. The van der Waals surface area contributed by atoms with Gasteiger partial charge in [0.2, 0.25) is 0 Å². The fourth-order valence-corrected chi connectivity index (χ4v) is 2.43. The maximum Gasteiger partial charge on any atom is 0.0704 e. The first kappa shape index (κ1) is 12.0. The molecule has 0 atom stereocenters. The Balaban J connectivity index is 2.35. The third-order valence-corrected chi connectivity index (χ3v) is 3.42. The van der Waals surface area contributed by atoms with Crippen molar-refractivity contribution in [2.75, 3.05) is 0 Å². The van der Waals surface area contributed by atoms with Gasteiger partial charge in [0.05, 0.1) is 3.79 Å². The smallest absolute Gasteiger partial charge is 0.0704 e. The zero-order valence-electron chi connectivity index (χ0n) is 8.59. The first-order valence-corrected chi connectivity index (χ1v) is 6.29. The monoisotopic (exact) mass is 273 g/mol. The molecule has 0 aromatic carbocycles. The van der Waals surface area contributed by atoms with Crippen molar-refractivity contribution in [3.63, 3.8) is 0 Å². The van der Waals surface area contributed by atoms with E-state index in [1.165, 1.54) is 8.66 Å². The molecular weight excluding hydrogens is 258 g/mol. The van der Waals surface area contributed by atoms with Crippen molar-refractivity contribution < 1.29 is 0 Å². The quantitative estimate of drug-likeness (QED) is 0.881. The summed E-state index contributed by atoms with van der Waals surface area (Å²) in [6.07, 6.45) is 6.41. The standard InChI is InChI=1S/C11H16BrNS/c1-11(2,13)8-4-3-5-9-6-7-10(12)14-9/h3,5-7H,4,8,13H2,1-2H3/b5-3+. The number of halogens is 1. The maximum absolute atomic E-state index is 5.88. The molecule has 78 valence electrons. The number of hydrogen-bond acceptors (Lipinski definition) is 2. The second-order valence-electron chi connectivity index (χ2n) is 4.07. The molecule has 0 aliphatic rings. The Hall–Kier alpha value is -0.120. The summed E-state index contributed by atoms with van der Waals surface area (Å²) in [4.78, 5) is 1.28. The molecule has 14 heavy (non-hydrogen) atoms. The van der Waals surface area contributed by atoms with Gasteiger partial charge in [0, 0.05) is 10.4 Å². The van der Waals surface area contributed by atoms with Crippen molar-refractivity contribution in [1.29, 1.82) is 0 Å². The highest BCUT2D eigenvalue weighted by Gasteiger charge is 2.07. The summed E-state index contributed by atoms with van der Waals surface area (Å²) < 4.78 is 1.18. The Kier molecular flexibility index (Phi) is 4.35. The summed E-state index contributed by atoms with van der Waals surface area (Å²) >= 11 is 5.18. The lowest BCUT2D eigenvalue weighted by molar-refractivity contribution is 0.482. The maximum atomic E-state index is 5.88. The van der Waals surface area contributed by atoms with Crippen LogP contribution in [0.2, 0.25) is 0 Å². The van der Waals surface area contributed by atoms with Gasteiger partial charge in [-0.2, -0.15) is 0 Å². The van der Waals surface area contributed by atoms with Crippen LogP contribution in [0.3, 0.4) is 0 Å². The Morgan fingerprint density at radius 3 is 2.71 bits per heavy atom. The minimum atomic E-state index is -0.0552. The van der Waals surface area contributed by atoms with Crippen molar-refractivity contribution in [1.82, 2.24) is 0 Å². The molecule has 0 spiro atoms. The van der Waals surface area contributed by atoms with Crippen LogP contribution in [0.4, 0.5) is 0 Å². The molecule has 0 radical (unpaired) electrons. The van der Waals surface area contributed by atoms with Gasteiger partial charge in [-0.1, -0.05) is 6.08 Å². The van der Waals surface area contributed by atoms with E-state index in [0.29, 0.717) is 0 Å². The van der Waals surface area contributed by atoms with Crippen LogP contribution in [0.5, 0.6) is 0 Å². The molecule has 1 heterocycles. The molecule has 0 aliphatic carbocycles. The van der Waals surface area contributed by atoms with Crippen LogP contribution in [-0.4, -0.2) is 5.54 Å². The van der Waals surface area contributed by atoms with Gasteiger partial charge in [-0.15, -0.1) is 11.3 Å². The van der Waals surface area contributed by atoms with E-state index in [1.54, 1.807) is 11.3 Å². The van der Waals surface area contributed by atoms with Crippen LogP contribution in [0.1, 0.15) is 31.6 Å². The molecule has 1 rings (SSSR count). The van der Waals surface area contributed by atoms with Gasteiger partial charge in [-0.25, -0.2) is 0 Å². The van der Waals surface area contributed by atoms with Crippen molar-refractivity contribution in [3.05, 3.63) is 26.9 Å². The summed E-state index contributed by atoms with van der Waals surface area (Å²) in [5, 5.41) is 0. The fourth-order valence-electron chi connectivity index (χ4n) is 1.07. The largest absolute Gasteiger partial charge is 0.326 e. The average Bonchev–Trinajstić information content (AvgIpc) is 2.44. The lowest BCUT2D eigenvalue weighted by atomic mass is 10.0. The summed E-state index contributed by atoms with van der Waals surface area (Å²) in [5.74, 6) is 0. The van der Waals surface area contributed by atoms with E-state index in [2.05, 4.69) is 54.1 Å². The number of hydrogen-bond donors (Lipinski definition) is 1. The fraction of sp³-hybridized carbons (Fsp3) is 0.455. The van der Waals surface area contributed by atoms with Crippen LogP contribution in [0.25, 0.3) is 6.08 Å². The summed E-state index contributed by atoms with van der Waals surface area (Å²) in [6.45, 7) is 4.12.